The first-order valence-electron chi connectivity index (χ1n) is 12.8. The molecule has 1 saturated carbocycles. The van der Waals surface area contributed by atoms with Gasteiger partial charge in [0, 0.05) is 38.5 Å². The van der Waals surface area contributed by atoms with E-state index in [0.29, 0.717) is 36.6 Å². The van der Waals surface area contributed by atoms with Crippen molar-refractivity contribution in [3.05, 3.63) is 48.3 Å². The fraction of sp³-hybridized carbons (Fsp3) is 0.538. The molecule has 0 saturated heterocycles. The maximum Gasteiger partial charge on any atom is 0.431 e. The van der Waals surface area contributed by atoms with E-state index in [9.17, 15) is 13.2 Å². The molecule has 1 heterocycles. The number of carbonyl (C=O) groups is 1. The lowest BCUT2D eigenvalue weighted by atomic mass is 9.98. The van der Waals surface area contributed by atoms with Gasteiger partial charge < -0.3 is 18.4 Å². The lowest BCUT2D eigenvalue weighted by molar-refractivity contribution is 0.143. The third kappa shape index (κ3) is 9.17. The number of hydrogen-bond donors (Lipinski definition) is 1. The number of nitrogens with zero attached hydrogens (tertiary/aromatic N) is 2. The van der Waals surface area contributed by atoms with E-state index in [1.165, 1.54) is 11.3 Å². The number of anilines is 1. The average Bonchev–Trinajstić information content (AvgIpc) is 2.89. The average molecular weight is 536 g/mol. The summed E-state index contributed by atoms with van der Waals surface area (Å²) in [5.41, 5.74) is 1.07. The normalized spacial score (nSPS) is 14.2. The van der Waals surface area contributed by atoms with Gasteiger partial charge in [-0.25, -0.2) is 4.79 Å². The zero-order valence-corrected chi connectivity index (χ0v) is 22.4. The predicted octanol–water partition coefficient (Wildman–Crippen LogP) is 4.25. The number of ether oxygens (including phenoxy) is 3. The van der Waals surface area contributed by atoms with Crippen molar-refractivity contribution in [1.82, 2.24) is 9.71 Å². The Morgan fingerprint density at radius 1 is 1.08 bits per heavy atom. The van der Waals surface area contributed by atoms with Gasteiger partial charge in [0.1, 0.15) is 23.8 Å². The summed E-state index contributed by atoms with van der Waals surface area (Å²) in [5, 5.41) is 0. The van der Waals surface area contributed by atoms with Crippen molar-refractivity contribution in [3.63, 3.8) is 0 Å². The van der Waals surface area contributed by atoms with Crippen LogP contribution in [-0.2, 0) is 25.6 Å². The smallest absolute Gasteiger partial charge is 0.431 e. The van der Waals surface area contributed by atoms with Gasteiger partial charge in [0.15, 0.2) is 0 Å². The molecule has 10 nitrogen and oxygen atoms in total. The van der Waals surface area contributed by atoms with Crippen LogP contribution in [0.25, 0.3) is 0 Å². The van der Waals surface area contributed by atoms with Gasteiger partial charge in [0.25, 0.3) is 0 Å². The van der Waals surface area contributed by atoms with Crippen LogP contribution in [0.1, 0.15) is 51.1 Å². The molecular formula is C26H37N3O7S. The number of hydrogen-bond acceptors (Lipinski definition) is 8. The number of para-hydroxylation sites is 1. The van der Waals surface area contributed by atoms with Crippen molar-refractivity contribution in [1.29, 1.82) is 0 Å². The zero-order chi connectivity index (χ0) is 26.5. The topological polar surface area (TPSA) is 116 Å². The lowest BCUT2D eigenvalue weighted by Gasteiger charge is -2.29. The molecule has 0 unspecified atom stereocenters. The van der Waals surface area contributed by atoms with Gasteiger partial charge in [-0.2, -0.15) is 13.1 Å². The summed E-state index contributed by atoms with van der Waals surface area (Å²) < 4.78 is 49.8. The molecule has 2 aromatic rings. The fourth-order valence-electron chi connectivity index (χ4n) is 4.11. The first-order chi connectivity index (χ1) is 17.9. The van der Waals surface area contributed by atoms with Crippen LogP contribution < -0.4 is 19.1 Å². The van der Waals surface area contributed by atoms with E-state index in [0.717, 1.165) is 31.4 Å². The molecule has 0 radical (unpaired) electrons. The summed E-state index contributed by atoms with van der Waals surface area (Å²) in [5.74, 6) is 0.837. The molecule has 0 bridgehead atoms. The maximum atomic E-state index is 13.2. The molecule has 0 aliphatic heterocycles. The molecule has 1 amide bonds. The number of aromatic nitrogens is 1. The number of benzene rings is 1. The summed E-state index contributed by atoms with van der Waals surface area (Å²) in [4.78, 5) is 18.7. The second-order valence-electron chi connectivity index (χ2n) is 8.74. The predicted molar refractivity (Wildman–Crippen MR) is 140 cm³/mol. The highest BCUT2D eigenvalue weighted by molar-refractivity contribution is 7.85. The zero-order valence-electron chi connectivity index (χ0n) is 21.6. The first kappa shape index (κ1) is 28.7. The van der Waals surface area contributed by atoms with Crippen LogP contribution in [0.3, 0.4) is 0 Å². The molecule has 1 aliphatic rings. The fourth-order valence-corrected chi connectivity index (χ4v) is 4.80. The van der Waals surface area contributed by atoms with Crippen molar-refractivity contribution < 1.29 is 31.6 Å². The van der Waals surface area contributed by atoms with Crippen molar-refractivity contribution in [2.75, 3.05) is 38.3 Å². The number of amides is 1. The van der Waals surface area contributed by atoms with Crippen LogP contribution >= 0.6 is 0 Å². The number of methoxy groups -OCH3 is 1. The summed E-state index contributed by atoms with van der Waals surface area (Å²) >= 11 is 0. The van der Waals surface area contributed by atoms with E-state index < -0.39 is 16.4 Å². The van der Waals surface area contributed by atoms with Crippen molar-refractivity contribution in [3.8, 4) is 11.5 Å². The minimum atomic E-state index is -4.37. The Balaban J connectivity index is 1.79. The largest absolute Gasteiger partial charge is 0.489 e. The van der Waals surface area contributed by atoms with Crippen LogP contribution in [0.4, 0.5) is 10.5 Å². The number of rotatable bonds is 14. The van der Waals surface area contributed by atoms with Crippen molar-refractivity contribution in [2.45, 2.75) is 58.0 Å². The third-order valence-electron chi connectivity index (χ3n) is 5.86. The SMILES string of the molecule is CCCN(C(=O)OS(=O)(=O)NCCc1ccccn1)c1c(OCCOC)cccc1OC1CCCCC1. The molecule has 1 aromatic carbocycles. The molecule has 37 heavy (non-hydrogen) atoms. The van der Waals surface area contributed by atoms with E-state index in [2.05, 4.69) is 9.71 Å². The number of carbonyl (C=O) groups excluding carboxylic acids is 1. The maximum absolute atomic E-state index is 13.2. The van der Waals surface area contributed by atoms with E-state index in [1.54, 1.807) is 43.6 Å². The molecular weight excluding hydrogens is 498 g/mol. The molecule has 1 aromatic heterocycles. The highest BCUT2D eigenvalue weighted by Gasteiger charge is 2.29. The van der Waals surface area contributed by atoms with Gasteiger partial charge in [-0.05, 0) is 56.4 Å². The minimum Gasteiger partial charge on any atom is -0.489 e. The first-order valence-corrected chi connectivity index (χ1v) is 14.2. The van der Waals surface area contributed by atoms with Gasteiger partial charge in [-0.3, -0.25) is 9.88 Å². The standard InChI is InChI=1S/C26H37N3O7S/c1-3-18-29(26(30)36-37(31,32)28-17-15-21-10-7-8-16-27-21)25-23(34-20-19-33-2)13-9-14-24(25)35-22-11-5-4-6-12-22/h7-10,13-14,16,22,28H,3-6,11-12,15,17-20H2,1-2H3. The van der Waals surface area contributed by atoms with Gasteiger partial charge in [-0.1, -0.05) is 25.5 Å². The molecule has 1 N–H and O–H groups in total. The summed E-state index contributed by atoms with van der Waals surface area (Å²) in [7, 11) is -2.80. The van der Waals surface area contributed by atoms with E-state index in [4.69, 9.17) is 18.4 Å². The highest BCUT2D eigenvalue weighted by atomic mass is 32.2. The monoisotopic (exact) mass is 535 g/mol. The summed E-state index contributed by atoms with van der Waals surface area (Å²) in [6, 6.07) is 10.7. The van der Waals surface area contributed by atoms with Crippen molar-refractivity contribution in [2.24, 2.45) is 0 Å². The Morgan fingerprint density at radius 3 is 2.57 bits per heavy atom. The molecule has 0 atom stereocenters. The van der Waals surface area contributed by atoms with Crippen LogP contribution in [-0.4, -0.2) is 59.0 Å². The van der Waals surface area contributed by atoms with Gasteiger partial charge >= 0.3 is 16.4 Å². The molecule has 0 spiro atoms. The van der Waals surface area contributed by atoms with Crippen LogP contribution in [0.2, 0.25) is 0 Å². The second-order valence-corrected chi connectivity index (χ2v) is 10.1. The number of pyridine rings is 1. The molecule has 1 aliphatic carbocycles. The Labute approximate surface area is 219 Å². The molecule has 1 fully saturated rings. The Bertz CT molecular complexity index is 1080. The highest BCUT2D eigenvalue weighted by Crippen LogP contribution is 2.40. The van der Waals surface area contributed by atoms with Gasteiger partial charge in [0.2, 0.25) is 0 Å². The summed E-state index contributed by atoms with van der Waals surface area (Å²) in [6.07, 6.45) is 6.67. The van der Waals surface area contributed by atoms with E-state index >= 15 is 0 Å². The van der Waals surface area contributed by atoms with Crippen LogP contribution in [0.5, 0.6) is 11.5 Å². The second kappa shape index (κ2) is 14.7. The number of nitrogens with one attached hydrogen (secondary N) is 1. The minimum absolute atomic E-state index is 0.0122. The van der Waals surface area contributed by atoms with E-state index in [1.807, 2.05) is 13.0 Å². The molecule has 11 heteroatoms. The van der Waals surface area contributed by atoms with E-state index in [-0.39, 0.29) is 25.8 Å². The Kier molecular flexibility index (Phi) is 11.4. The lowest BCUT2D eigenvalue weighted by Crippen LogP contribution is -2.38. The quantitative estimate of drug-likeness (QED) is 0.357. The van der Waals surface area contributed by atoms with Gasteiger partial charge in [-0.15, -0.1) is 0 Å². The van der Waals surface area contributed by atoms with Crippen LogP contribution in [0, 0.1) is 0 Å². The summed E-state index contributed by atoms with van der Waals surface area (Å²) in [6.45, 7) is 2.72. The van der Waals surface area contributed by atoms with Crippen LogP contribution in [0.15, 0.2) is 42.6 Å². The van der Waals surface area contributed by atoms with Crippen molar-refractivity contribution >= 4 is 22.1 Å². The molecule has 204 valence electrons. The molecule has 3 rings (SSSR count). The Morgan fingerprint density at radius 2 is 1.86 bits per heavy atom. The third-order valence-corrected chi connectivity index (χ3v) is 6.78. The Hall–Kier alpha value is -2.89. The van der Waals surface area contributed by atoms with Gasteiger partial charge in [0.05, 0.1) is 12.7 Å².